The van der Waals surface area contributed by atoms with E-state index >= 15 is 0 Å². The Morgan fingerprint density at radius 2 is 1.57 bits per heavy atom. The van der Waals surface area contributed by atoms with Crippen molar-refractivity contribution in [3.8, 4) is 21.6 Å². The standard InChI is InChI=1S/C37H31NO3S/c39-37(24-41-23-25-7-2-1-3-8-25)38(40)30-11-6-10-28(22-30)35-19-20-36(42-35)29-15-16-32-27(21-29)14-18-33-31-12-5-4-9-26(31)13-17-34(32)33/h1-12,14,18-22,40H,13,15-17,23-24H2. The van der Waals surface area contributed by atoms with E-state index in [0.29, 0.717) is 17.4 Å². The fourth-order valence-corrected chi connectivity index (χ4v) is 7.19. The molecule has 0 spiro atoms. The van der Waals surface area contributed by atoms with Crippen molar-refractivity contribution >= 4 is 34.6 Å². The zero-order chi connectivity index (χ0) is 28.5. The summed E-state index contributed by atoms with van der Waals surface area (Å²) >= 11 is 1.75. The Bertz CT molecular complexity index is 1800. The first-order chi connectivity index (χ1) is 20.6. The summed E-state index contributed by atoms with van der Waals surface area (Å²) in [5.74, 6) is -0.508. The van der Waals surface area contributed by atoms with Crippen LogP contribution in [0.15, 0.2) is 103 Å². The quantitative estimate of drug-likeness (QED) is 0.158. The fourth-order valence-electron chi connectivity index (χ4n) is 6.15. The zero-order valence-electron chi connectivity index (χ0n) is 23.3. The van der Waals surface area contributed by atoms with E-state index in [-0.39, 0.29) is 6.61 Å². The number of fused-ring (bicyclic) bond motifs is 5. The van der Waals surface area contributed by atoms with Crippen molar-refractivity contribution in [3.05, 3.63) is 136 Å². The van der Waals surface area contributed by atoms with E-state index in [1.54, 1.807) is 17.4 Å². The number of aryl methyl sites for hydroxylation is 1. The van der Waals surface area contributed by atoms with Crippen LogP contribution < -0.4 is 5.06 Å². The number of carbonyl (C=O) groups excluding carboxylic acids is 1. The molecule has 2 aliphatic rings. The molecule has 0 atom stereocenters. The molecule has 0 unspecified atom stereocenters. The monoisotopic (exact) mass is 569 g/mol. The average Bonchev–Trinajstić information content (AvgIpc) is 3.55. The van der Waals surface area contributed by atoms with Crippen LogP contribution in [0.4, 0.5) is 5.69 Å². The summed E-state index contributed by atoms with van der Waals surface area (Å²) in [5.41, 5.74) is 12.4. The molecule has 0 fully saturated rings. The van der Waals surface area contributed by atoms with Gasteiger partial charge in [0.25, 0.3) is 5.91 Å². The van der Waals surface area contributed by atoms with Gasteiger partial charge in [0.05, 0.1) is 12.3 Å². The van der Waals surface area contributed by atoms with Crippen molar-refractivity contribution in [1.82, 2.24) is 0 Å². The molecule has 0 aliphatic heterocycles. The Labute approximate surface area is 250 Å². The van der Waals surface area contributed by atoms with Gasteiger partial charge >= 0.3 is 0 Å². The molecular formula is C37H31NO3S. The van der Waals surface area contributed by atoms with E-state index in [1.165, 1.54) is 43.8 Å². The zero-order valence-corrected chi connectivity index (χ0v) is 24.1. The summed E-state index contributed by atoms with van der Waals surface area (Å²) in [4.78, 5) is 14.9. The van der Waals surface area contributed by atoms with Crippen LogP contribution in [-0.2, 0) is 35.4 Å². The summed E-state index contributed by atoms with van der Waals surface area (Å²) in [6.07, 6.45) is 6.67. The van der Waals surface area contributed by atoms with Gasteiger partial charge in [0.15, 0.2) is 0 Å². The van der Waals surface area contributed by atoms with Gasteiger partial charge < -0.3 is 4.74 Å². The fraction of sp³-hybridized carbons (Fsp3) is 0.162. The van der Waals surface area contributed by atoms with E-state index in [2.05, 4.69) is 54.6 Å². The Morgan fingerprint density at radius 1 is 0.762 bits per heavy atom. The van der Waals surface area contributed by atoms with E-state index < -0.39 is 5.91 Å². The molecule has 5 aromatic rings. The second-order valence-corrected chi connectivity index (χ2v) is 12.0. The molecule has 1 amide bonds. The molecule has 4 aromatic carbocycles. The van der Waals surface area contributed by atoms with Crippen LogP contribution in [0.25, 0.3) is 33.2 Å². The maximum absolute atomic E-state index is 12.6. The van der Waals surface area contributed by atoms with Gasteiger partial charge in [-0.25, -0.2) is 0 Å². The van der Waals surface area contributed by atoms with Crippen molar-refractivity contribution in [1.29, 1.82) is 0 Å². The molecule has 0 saturated carbocycles. The van der Waals surface area contributed by atoms with Gasteiger partial charge in [-0.2, -0.15) is 5.06 Å². The lowest BCUT2D eigenvalue weighted by atomic mass is 9.78. The van der Waals surface area contributed by atoms with E-state index in [0.717, 1.165) is 41.7 Å². The molecule has 208 valence electrons. The Hall–Kier alpha value is -4.29. The van der Waals surface area contributed by atoms with E-state index in [4.69, 9.17) is 4.74 Å². The van der Waals surface area contributed by atoms with Gasteiger partial charge in [-0.3, -0.25) is 10.0 Å². The first-order valence-electron chi connectivity index (χ1n) is 14.4. The highest BCUT2D eigenvalue weighted by Gasteiger charge is 2.23. The molecule has 42 heavy (non-hydrogen) atoms. The molecule has 1 heterocycles. The second-order valence-electron chi connectivity index (χ2n) is 10.9. The Morgan fingerprint density at radius 3 is 2.48 bits per heavy atom. The minimum atomic E-state index is -0.508. The average molecular weight is 570 g/mol. The topological polar surface area (TPSA) is 49.8 Å². The van der Waals surface area contributed by atoms with Gasteiger partial charge in [0.2, 0.25) is 0 Å². The van der Waals surface area contributed by atoms with Crippen LogP contribution in [0, 0.1) is 0 Å². The number of hydroxylamine groups is 1. The van der Waals surface area contributed by atoms with Gasteiger partial charge in [0.1, 0.15) is 6.61 Å². The first kappa shape index (κ1) is 26.6. The highest BCUT2D eigenvalue weighted by atomic mass is 32.1. The Balaban J connectivity index is 1.07. The molecule has 5 heteroatoms. The number of hydrogen-bond acceptors (Lipinski definition) is 4. The van der Waals surface area contributed by atoms with Gasteiger partial charge in [0, 0.05) is 9.75 Å². The number of carbonyl (C=O) groups is 1. The van der Waals surface area contributed by atoms with Gasteiger partial charge in [-0.15, -0.1) is 11.3 Å². The molecule has 7 rings (SSSR count). The molecule has 0 radical (unpaired) electrons. The number of rotatable bonds is 7. The van der Waals surface area contributed by atoms with E-state index in [1.807, 2.05) is 48.5 Å². The van der Waals surface area contributed by atoms with Crippen molar-refractivity contribution in [2.45, 2.75) is 32.3 Å². The molecule has 2 aliphatic carbocycles. The summed E-state index contributed by atoms with van der Waals surface area (Å²) in [6.45, 7) is 0.110. The van der Waals surface area contributed by atoms with Crippen LogP contribution in [-0.4, -0.2) is 17.7 Å². The number of thiophene rings is 1. The smallest absolute Gasteiger partial charge is 0.276 e. The van der Waals surface area contributed by atoms with Crippen LogP contribution in [0.1, 0.15) is 39.1 Å². The summed E-state index contributed by atoms with van der Waals surface area (Å²) in [6, 6.07) is 34.9. The summed E-state index contributed by atoms with van der Waals surface area (Å²) in [5, 5.41) is 11.3. The third-order valence-corrected chi connectivity index (χ3v) is 9.47. The highest BCUT2D eigenvalue weighted by Crippen LogP contribution is 2.42. The number of anilines is 1. The lowest BCUT2D eigenvalue weighted by Crippen LogP contribution is -2.30. The van der Waals surface area contributed by atoms with Crippen molar-refractivity contribution < 1.29 is 14.7 Å². The van der Waals surface area contributed by atoms with Crippen molar-refractivity contribution in [2.24, 2.45) is 0 Å². The highest BCUT2D eigenvalue weighted by molar-refractivity contribution is 7.16. The number of ether oxygens (including phenoxy) is 1. The second kappa shape index (κ2) is 11.5. The predicted octanol–water partition coefficient (Wildman–Crippen LogP) is 8.61. The summed E-state index contributed by atoms with van der Waals surface area (Å²) in [7, 11) is 0. The molecule has 1 N–H and O–H groups in total. The minimum absolute atomic E-state index is 0.204. The molecule has 0 bridgehead atoms. The van der Waals surface area contributed by atoms with Crippen molar-refractivity contribution in [2.75, 3.05) is 11.7 Å². The lowest BCUT2D eigenvalue weighted by Gasteiger charge is -2.26. The third-order valence-electron chi connectivity index (χ3n) is 8.26. The maximum Gasteiger partial charge on any atom is 0.276 e. The number of benzene rings is 4. The molecular weight excluding hydrogens is 538 g/mol. The van der Waals surface area contributed by atoms with Gasteiger partial charge in [-0.05, 0) is 100 Å². The summed E-state index contributed by atoms with van der Waals surface area (Å²) < 4.78 is 5.53. The molecule has 4 nitrogen and oxygen atoms in total. The predicted molar refractivity (Wildman–Crippen MR) is 171 cm³/mol. The van der Waals surface area contributed by atoms with Crippen LogP contribution >= 0.6 is 11.3 Å². The lowest BCUT2D eigenvalue weighted by molar-refractivity contribution is -0.128. The first-order valence-corrected chi connectivity index (χ1v) is 15.2. The number of nitrogens with zero attached hydrogens (tertiary/aromatic N) is 1. The largest absolute Gasteiger partial charge is 0.367 e. The van der Waals surface area contributed by atoms with Crippen molar-refractivity contribution in [3.63, 3.8) is 0 Å². The minimum Gasteiger partial charge on any atom is -0.367 e. The van der Waals surface area contributed by atoms with E-state index in [9.17, 15) is 10.0 Å². The normalized spacial score (nSPS) is 13.5. The number of hydrogen-bond donors (Lipinski definition) is 1. The molecule has 1 aromatic heterocycles. The molecule has 0 saturated heterocycles. The SMILES string of the molecule is O=C(COCc1ccccc1)N(O)c1cccc(-c2ccc(C3=Cc4ccc5c(c4CC3)CCc3ccccc3-5)s2)c1. The number of amides is 1. The van der Waals surface area contributed by atoms with Crippen LogP contribution in [0.2, 0.25) is 0 Å². The third kappa shape index (κ3) is 5.23. The van der Waals surface area contributed by atoms with Gasteiger partial charge in [-0.1, -0.05) is 84.9 Å². The maximum atomic E-state index is 12.6. The number of allylic oxidation sites excluding steroid dienone is 1. The Kier molecular flexibility index (Phi) is 7.30. The van der Waals surface area contributed by atoms with Crippen LogP contribution in [0.3, 0.4) is 0 Å². The van der Waals surface area contributed by atoms with Crippen LogP contribution in [0.5, 0.6) is 0 Å².